The Kier molecular flexibility index (Phi) is 4.98. The van der Waals surface area contributed by atoms with Crippen molar-refractivity contribution < 1.29 is 23.1 Å². The third-order valence-corrected chi connectivity index (χ3v) is 4.98. The summed E-state index contributed by atoms with van der Waals surface area (Å²) in [4.78, 5) is 17.5. The van der Waals surface area contributed by atoms with Crippen LogP contribution in [0.25, 0.3) is 5.69 Å². The first-order valence-corrected chi connectivity index (χ1v) is 8.66. The first-order valence-electron chi connectivity index (χ1n) is 8.66. The van der Waals surface area contributed by atoms with Crippen LogP contribution in [0, 0.1) is 6.92 Å². The summed E-state index contributed by atoms with van der Waals surface area (Å²) in [5.41, 5.74) is -0.750. The highest BCUT2D eigenvalue weighted by Crippen LogP contribution is 2.34. The molecule has 9 heteroatoms. The zero-order chi connectivity index (χ0) is 19.8. The van der Waals surface area contributed by atoms with Gasteiger partial charge in [0.15, 0.2) is 0 Å². The number of aliphatic hydroxyl groups is 1. The lowest BCUT2D eigenvalue weighted by Gasteiger charge is -2.36. The molecule has 1 N–H and O–H groups in total. The van der Waals surface area contributed by atoms with Gasteiger partial charge < -0.3 is 10.0 Å². The molecule has 2 aromatic rings. The summed E-state index contributed by atoms with van der Waals surface area (Å²) in [7, 11) is 0. The lowest BCUT2D eigenvalue weighted by Crippen LogP contribution is -2.57. The van der Waals surface area contributed by atoms with E-state index in [0.717, 1.165) is 22.0 Å². The van der Waals surface area contributed by atoms with Gasteiger partial charge in [-0.05, 0) is 44.9 Å². The molecule has 3 rings (SSSR count). The smallest absolute Gasteiger partial charge is 0.373 e. The minimum absolute atomic E-state index is 0.0497. The van der Waals surface area contributed by atoms with Gasteiger partial charge in [0.05, 0.1) is 11.9 Å². The highest BCUT2D eigenvalue weighted by Gasteiger charge is 2.57. The molecule has 1 fully saturated rings. The van der Waals surface area contributed by atoms with Gasteiger partial charge in [-0.1, -0.05) is 0 Å². The molecule has 0 saturated carbocycles. The molecule has 27 heavy (non-hydrogen) atoms. The Morgan fingerprint density at radius 2 is 1.89 bits per heavy atom. The van der Waals surface area contributed by atoms with Crippen molar-refractivity contribution in [2.24, 2.45) is 0 Å². The van der Waals surface area contributed by atoms with E-state index in [9.17, 15) is 23.1 Å². The highest BCUT2D eigenvalue weighted by molar-refractivity contribution is 5.85. The van der Waals surface area contributed by atoms with Crippen LogP contribution in [0.5, 0.6) is 0 Å². The second-order valence-electron chi connectivity index (χ2n) is 6.96. The summed E-state index contributed by atoms with van der Waals surface area (Å²) in [5.74, 6) is -1.25. The van der Waals surface area contributed by atoms with Crippen LogP contribution < -0.4 is 0 Å². The predicted molar refractivity (Wildman–Crippen MR) is 91.3 cm³/mol. The molecular weight excluding hydrogens is 361 g/mol. The molecule has 0 bridgehead atoms. The van der Waals surface area contributed by atoms with Gasteiger partial charge in [0.1, 0.15) is 0 Å². The number of pyridine rings is 1. The molecule has 1 atom stereocenters. The SMILES string of the molecule is Cc1ccc(-n2nccc2C2CCN(C(=O)[C@@](C)(O)C(F)(F)F)CC2)cn1. The average molecular weight is 382 g/mol. The van der Waals surface area contributed by atoms with Gasteiger partial charge >= 0.3 is 6.18 Å². The second kappa shape index (κ2) is 6.95. The highest BCUT2D eigenvalue weighted by atomic mass is 19.4. The zero-order valence-electron chi connectivity index (χ0n) is 15.1. The lowest BCUT2D eigenvalue weighted by molar-refractivity contribution is -0.250. The molecule has 0 unspecified atom stereocenters. The van der Waals surface area contributed by atoms with Crippen molar-refractivity contribution in [3.8, 4) is 5.69 Å². The Bertz CT molecular complexity index is 807. The van der Waals surface area contributed by atoms with E-state index in [1.807, 2.05) is 25.1 Å². The van der Waals surface area contributed by atoms with E-state index >= 15 is 0 Å². The Hall–Kier alpha value is -2.42. The van der Waals surface area contributed by atoms with Crippen LogP contribution >= 0.6 is 0 Å². The van der Waals surface area contributed by atoms with Crippen molar-refractivity contribution in [1.82, 2.24) is 19.7 Å². The fraction of sp³-hybridized carbons (Fsp3) is 0.500. The van der Waals surface area contributed by atoms with Crippen LogP contribution in [0.4, 0.5) is 13.2 Å². The summed E-state index contributed by atoms with van der Waals surface area (Å²) in [5, 5.41) is 13.9. The first-order chi connectivity index (χ1) is 12.6. The first kappa shape index (κ1) is 19.3. The van der Waals surface area contributed by atoms with Gasteiger partial charge in [-0.2, -0.15) is 18.3 Å². The molecule has 1 saturated heterocycles. The number of carbonyl (C=O) groups excluding carboxylic acids is 1. The maximum atomic E-state index is 12.9. The minimum Gasteiger partial charge on any atom is -0.373 e. The van der Waals surface area contributed by atoms with E-state index in [0.29, 0.717) is 19.8 Å². The molecule has 1 amide bonds. The van der Waals surface area contributed by atoms with Gasteiger partial charge in [-0.15, -0.1) is 0 Å². The maximum Gasteiger partial charge on any atom is 0.426 e. The normalized spacial score (nSPS) is 18.4. The molecule has 1 aliphatic rings. The molecule has 0 aromatic carbocycles. The Labute approximate surface area is 154 Å². The van der Waals surface area contributed by atoms with Crippen LogP contribution in [0.1, 0.15) is 37.1 Å². The predicted octanol–water partition coefficient (Wildman–Crippen LogP) is 2.60. The third kappa shape index (κ3) is 3.69. The number of piperidine rings is 1. The number of amides is 1. The van der Waals surface area contributed by atoms with Crippen molar-refractivity contribution >= 4 is 5.91 Å². The lowest BCUT2D eigenvalue weighted by atomic mass is 9.92. The number of rotatable bonds is 3. The number of carbonyl (C=O) groups is 1. The maximum absolute atomic E-state index is 12.9. The van der Waals surface area contributed by atoms with E-state index in [1.54, 1.807) is 17.1 Å². The van der Waals surface area contributed by atoms with Crippen LogP contribution in [-0.4, -0.2) is 55.5 Å². The van der Waals surface area contributed by atoms with Gasteiger partial charge in [0, 0.05) is 36.6 Å². The van der Waals surface area contributed by atoms with Crippen molar-refractivity contribution in [1.29, 1.82) is 0 Å². The minimum atomic E-state index is -5.00. The van der Waals surface area contributed by atoms with E-state index in [-0.39, 0.29) is 19.0 Å². The van der Waals surface area contributed by atoms with Gasteiger partial charge in [-0.25, -0.2) is 4.68 Å². The molecule has 0 spiro atoms. The topological polar surface area (TPSA) is 71.2 Å². The van der Waals surface area contributed by atoms with Crippen molar-refractivity contribution in [2.45, 2.75) is 44.4 Å². The number of likely N-dealkylation sites (tertiary alicyclic amines) is 1. The largest absolute Gasteiger partial charge is 0.426 e. The molecule has 3 heterocycles. The van der Waals surface area contributed by atoms with Crippen LogP contribution in [-0.2, 0) is 4.79 Å². The number of hydrogen-bond acceptors (Lipinski definition) is 4. The molecule has 146 valence electrons. The number of hydrogen-bond donors (Lipinski definition) is 1. The molecule has 0 aliphatic carbocycles. The summed E-state index contributed by atoms with van der Waals surface area (Å²) >= 11 is 0. The van der Waals surface area contributed by atoms with E-state index in [4.69, 9.17) is 0 Å². The average Bonchev–Trinajstić information content (AvgIpc) is 3.10. The van der Waals surface area contributed by atoms with E-state index in [2.05, 4.69) is 10.1 Å². The van der Waals surface area contributed by atoms with Crippen molar-refractivity contribution in [3.05, 3.63) is 42.0 Å². The number of halogens is 3. The van der Waals surface area contributed by atoms with Gasteiger partial charge in [0.25, 0.3) is 5.91 Å². The van der Waals surface area contributed by atoms with E-state index < -0.39 is 17.7 Å². The Morgan fingerprint density at radius 3 is 2.44 bits per heavy atom. The van der Waals surface area contributed by atoms with Gasteiger partial charge in [0.2, 0.25) is 5.60 Å². The van der Waals surface area contributed by atoms with E-state index in [1.165, 1.54) is 0 Å². The fourth-order valence-electron chi connectivity index (χ4n) is 3.23. The standard InChI is InChI=1S/C18H21F3N4O2/c1-12-3-4-14(11-22-12)25-15(5-8-23-25)13-6-9-24(10-7-13)16(26)17(2,27)18(19,20)21/h3-5,8,11,13,27H,6-7,9-10H2,1-2H3/t17-/m1/s1. The van der Waals surface area contributed by atoms with Crippen LogP contribution in [0.3, 0.4) is 0 Å². The molecule has 6 nitrogen and oxygen atoms in total. The molecule has 0 radical (unpaired) electrons. The van der Waals surface area contributed by atoms with Gasteiger partial charge in [-0.3, -0.25) is 9.78 Å². The van der Waals surface area contributed by atoms with Crippen LogP contribution in [0.15, 0.2) is 30.6 Å². The van der Waals surface area contributed by atoms with Crippen molar-refractivity contribution in [2.75, 3.05) is 13.1 Å². The molecule has 1 aliphatic heterocycles. The summed E-state index contributed by atoms with van der Waals surface area (Å²) < 4.78 is 40.4. The third-order valence-electron chi connectivity index (χ3n) is 4.98. The number of aryl methyl sites for hydroxylation is 1. The summed E-state index contributed by atoms with van der Waals surface area (Å²) in [6.45, 7) is 2.68. The number of nitrogens with zero attached hydrogens (tertiary/aromatic N) is 4. The Morgan fingerprint density at radius 1 is 1.22 bits per heavy atom. The monoisotopic (exact) mass is 382 g/mol. The van der Waals surface area contributed by atoms with Crippen LogP contribution in [0.2, 0.25) is 0 Å². The number of alkyl halides is 3. The zero-order valence-corrected chi connectivity index (χ0v) is 15.1. The summed E-state index contributed by atoms with van der Waals surface area (Å²) in [6, 6.07) is 5.65. The second-order valence-corrected chi connectivity index (χ2v) is 6.96. The Balaban J connectivity index is 1.71. The number of aromatic nitrogens is 3. The molecular formula is C18H21F3N4O2. The molecule has 2 aromatic heterocycles. The fourth-order valence-corrected chi connectivity index (χ4v) is 3.23. The summed E-state index contributed by atoms with van der Waals surface area (Å²) in [6.07, 6.45) is -0.639. The van der Waals surface area contributed by atoms with Crippen molar-refractivity contribution in [3.63, 3.8) is 0 Å². The quantitative estimate of drug-likeness (QED) is 0.886.